The predicted octanol–water partition coefficient (Wildman–Crippen LogP) is 0.380. The molecule has 23 heavy (non-hydrogen) atoms. The fourth-order valence-corrected chi connectivity index (χ4v) is 4.00. The van der Waals surface area contributed by atoms with Crippen LogP contribution in [0.15, 0.2) is 5.38 Å². The van der Waals surface area contributed by atoms with E-state index in [2.05, 4.69) is 15.6 Å². The second-order valence-electron chi connectivity index (χ2n) is 5.88. The molecule has 3 heterocycles. The van der Waals surface area contributed by atoms with Crippen LogP contribution in [-0.2, 0) is 9.59 Å². The zero-order valence-electron chi connectivity index (χ0n) is 12.7. The van der Waals surface area contributed by atoms with Crippen LogP contribution in [0.1, 0.15) is 29.8 Å². The van der Waals surface area contributed by atoms with Gasteiger partial charge in [-0.3, -0.25) is 14.4 Å². The number of carboxylic acid groups (broad SMARTS) is 1. The van der Waals surface area contributed by atoms with Crippen molar-refractivity contribution in [2.24, 2.45) is 5.92 Å². The van der Waals surface area contributed by atoms with E-state index in [1.807, 2.05) is 0 Å². The standard InChI is InChI=1S/C14H18N4O4S/c1-15-13-16-9(7-23-13)11(20)18-4-2-14(3-5-18)8(12(21)22)6-10(19)17-14/h7-8H,2-6H2,1H3,(H,15,16)(H,17,19)(H,21,22). The molecule has 9 heteroatoms. The van der Waals surface area contributed by atoms with E-state index in [0.717, 1.165) is 0 Å². The van der Waals surface area contributed by atoms with Crippen molar-refractivity contribution < 1.29 is 19.5 Å². The highest BCUT2D eigenvalue weighted by Crippen LogP contribution is 2.37. The summed E-state index contributed by atoms with van der Waals surface area (Å²) < 4.78 is 0. The van der Waals surface area contributed by atoms with Crippen LogP contribution in [0.5, 0.6) is 0 Å². The first kappa shape index (κ1) is 15.7. The number of nitrogens with zero attached hydrogens (tertiary/aromatic N) is 2. The number of thiazole rings is 1. The maximum Gasteiger partial charge on any atom is 0.309 e. The van der Waals surface area contributed by atoms with Gasteiger partial charge in [-0.2, -0.15) is 0 Å². The average Bonchev–Trinajstić information content (AvgIpc) is 3.12. The summed E-state index contributed by atoms with van der Waals surface area (Å²) in [7, 11) is 1.74. The van der Waals surface area contributed by atoms with Crippen molar-refractivity contribution in [3.05, 3.63) is 11.1 Å². The van der Waals surface area contributed by atoms with Crippen LogP contribution in [0.4, 0.5) is 5.13 Å². The molecule has 1 atom stereocenters. The fraction of sp³-hybridized carbons (Fsp3) is 0.571. The van der Waals surface area contributed by atoms with Crippen LogP contribution in [0.3, 0.4) is 0 Å². The van der Waals surface area contributed by atoms with E-state index in [1.165, 1.54) is 11.3 Å². The molecule has 0 radical (unpaired) electrons. The molecule has 1 spiro atoms. The number of hydrogen-bond donors (Lipinski definition) is 3. The Morgan fingerprint density at radius 3 is 2.74 bits per heavy atom. The summed E-state index contributed by atoms with van der Waals surface area (Å²) in [6.07, 6.45) is 0.913. The largest absolute Gasteiger partial charge is 0.481 e. The van der Waals surface area contributed by atoms with E-state index < -0.39 is 17.4 Å². The van der Waals surface area contributed by atoms with Gasteiger partial charge < -0.3 is 20.6 Å². The number of aromatic nitrogens is 1. The summed E-state index contributed by atoms with van der Waals surface area (Å²) >= 11 is 1.36. The number of likely N-dealkylation sites (tertiary alicyclic amines) is 1. The van der Waals surface area contributed by atoms with E-state index >= 15 is 0 Å². The Kier molecular flexibility index (Phi) is 3.97. The fourth-order valence-electron chi connectivity index (χ4n) is 3.35. The number of carbonyl (C=O) groups excluding carboxylic acids is 2. The average molecular weight is 338 g/mol. The summed E-state index contributed by atoms with van der Waals surface area (Å²) in [5.41, 5.74) is -0.335. The number of carbonyl (C=O) groups is 3. The Hall–Kier alpha value is -2.16. The molecule has 2 amide bonds. The summed E-state index contributed by atoms with van der Waals surface area (Å²) in [6.45, 7) is 0.824. The third-order valence-electron chi connectivity index (χ3n) is 4.62. The Bertz CT molecular complexity index is 651. The lowest BCUT2D eigenvalue weighted by Gasteiger charge is -2.41. The molecule has 1 aromatic rings. The van der Waals surface area contributed by atoms with Crippen LogP contribution in [0.25, 0.3) is 0 Å². The zero-order chi connectivity index (χ0) is 16.6. The lowest BCUT2D eigenvalue weighted by atomic mass is 9.77. The van der Waals surface area contributed by atoms with Gasteiger partial charge in [0.05, 0.1) is 11.5 Å². The normalized spacial score (nSPS) is 22.9. The van der Waals surface area contributed by atoms with Crippen molar-refractivity contribution in [2.45, 2.75) is 24.8 Å². The molecule has 1 unspecified atom stereocenters. The molecule has 0 bridgehead atoms. The molecule has 2 aliphatic heterocycles. The van der Waals surface area contributed by atoms with E-state index in [4.69, 9.17) is 0 Å². The first-order valence-electron chi connectivity index (χ1n) is 7.41. The highest BCUT2D eigenvalue weighted by atomic mass is 32.1. The topological polar surface area (TPSA) is 112 Å². The number of hydrogen-bond acceptors (Lipinski definition) is 6. The number of aliphatic carboxylic acids is 1. The first-order chi connectivity index (χ1) is 10.9. The van der Waals surface area contributed by atoms with Gasteiger partial charge in [0.1, 0.15) is 5.69 Å². The number of rotatable bonds is 3. The quantitative estimate of drug-likeness (QED) is 0.735. The summed E-state index contributed by atoms with van der Waals surface area (Å²) in [5, 5.41) is 17.4. The lowest BCUT2D eigenvalue weighted by Crippen LogP contribution is -2.56. The molecule has 0 saturated carbocycles. The van der Waals surface area contributed by atoms with Gasteiger partial charge in [0, 0.05) is 31.9 Å². The summed E-state index contributed by atoms with van der Waals surface area (Å²) in [6, 6.07) is 0. The van der Waals surface area contributed by atoms with Gasteiger partial charge >= 0.3 is 5.97 Å². The highest BCUT2D eigenvalue weighted by molar-refractivity contribution is 7.13. The second kappa shape index (κ2) is 5.80. The van der Waals surface area contributed by atoms with E-state index in [1.54, 1.807) is 17.3 Å². The van der Waals surface area contributed by atoms with Gasteiger partial charge in [-0.1, -0.05) is 0 Å². The monoisotopic (exact) mass is 338 g/mol. The summed E-state index contributed by atoms with van der Waals surface area (Å²) in [5.74, 6) is -2.06. The number of nitrogens with one attached hydrogen (secondary N) is 2. The van der Waals surface area contributed by atoms with Crippen molar-refractivity contribution in [1.82, 2.24) is 15.2 Å². The molecule has 8 nitrogen and oxygen atoms in total. The van der Waals surface area contributed by atoms with Crippen molar-refractivity contribution in [3.8, 4) is 0 Å². The van der Waals surface area contributed by atoms with Gasteiger partial charge in [-0.25, -0.2) is 4.98 Å². The molecular formula is C14H18N4O4S. The van der Waals surface area contributed by atoms with Crippen molar-refractivity contribution in [3.63, 3.8) is 0 Å². The number of carboxylic acids is 1. The molecule has 0 aliphatic carbocycles. The van der Waals surface area contributed by atoms with Crippen LogP contribution >= 0.6 is 11.3 Å². The van der Waals surface area contributed by atoms with Gasteiger partial charge in [-0.05, 0) is 12.8 Å². The zero-order valence-corrected chi connectivity index (χ0v) is 13.5. The van der Waals surface area contributed by atoms with Gasteiger partial charge in [0.15, 0.2) is 5.13 Å². The van der Waals surface area contributed by atoms with E-state index in [0.29, 0.717) is 36.8 Å². The maximum absolute atomic E-state index is 12.5. The van der Waals surface area contributed by atoms with Gasteiger partial charge in [0.25, 0.3) is 5.91 Å². The Balaban J connectivity index is 1.69. The van der Waals surface area contributed by atoms with Gasteiger partial charge in [-0.15, -0.1) is 11.3 Å². The van der Waals surface area contributed by atoms with Crippen molar-refractivity contribution in [1.29, 1.82) is 0 Å². The van der Waals surface area contributed by atoms with Crippen LogP contribution in [0.2, 0.25) is 0 Å². The predicted molar refractivity (Wildman–Crippen MR) is 83.4 cm³/mol. The Morgan fingerprint density at radius 1 is 1.48 bits per heavy atom. The molecule has 1 aromatic heterocycles. The minimum atomic E-state index is -0.957. The minimum Gasteiger partial charge on any atom is -0.481 e. The molecule has 3 rings (SSSR count). The van der Waals surface area contributed by atoms with E-state index in [9.17, 15) is 19.5 Å². The number of amides is 2. The molecule has 2 aliphatic rings. The van der Waals surface area contributed by atoms with Crippen LogP contribution in [0, 0.1) is 5.92 Å². The van der Waals surface area contributed by atoms with E-state index in [-0.39, 0.29) is 18.2 Å². The SMILES string of the molecule is CNc1nc(C(=O)N2CCC3(CC2)NC(=O)CC3C(=O)O)cs1. The molecule has 2 saturated heterocycles. The number of piperidine rings is 1. The molecule has 0 aromatic carbocycles. The Labute approximate surface area is 136 Å². The molecule has 3 N–H and O–H groups in total. The molecule has 124 valence electrons. The van der Waals surface area contributed by atoms with Gasteiger partial charge in [0.2, 0.25) is 5.91 Å². The molecular weight excluding hydrogens is 320 g/mol. The highest BCUT2D eigenvalue weighted by Gasteiger charge is 2.52. The smallest absolute Gasteiger partial charge is 0.309 e. The summed E-state index contributed by atoms with van der Waals surface area (Å²) in [4.78, 5) is 41.4. The Morgan fingerprint density at radius 2 is 2.17 bits per heavy atom. The second-order valence-corrected chi connectivity index (χ2v) is 6.74. The van der Waals surface area contributed by atoms with Crippen molar-refractivity contribution >= 4 is 34.3 Å². The van der Waals surface area contributed by atoms with Crippen LogP contribution < -0.4 is 10.6 Å². The lowest BCUT2D eigenvalue weighted by molar-refractivity contribution is -0.144. The first-order valence-corrected chi connectivity index (χ1v) is 8.29. The minimum absolute atomic E-state index is 0.0148. The molecule has 2 fully saturated rings. The third kappa shape index (κ3) is 2.76. The van der Waals surface area contributed by atoms with Crippen molar-refractivity contribution in [2.75, 3.05) is 25.5 Å². The number of anilines is 1. The van der Waals surface area contributed by atoms with Crippen LogP contribution in [-0.4, -0.2) is 58.5 Å². The maximum atomic E-state index is 12.5. The third-order valence-corrected chi connectivity index (χ3v) is 5.48.